The first kappa shape index (κ1) is 21.1. The van der Waals surface area contributed by atoms with Gasteiger partial charge in [-0.3, -0.25) is 5.10 Å². The molecule has 1 fully saturated rings. The summed E-state index contributed by atoms with van der Waals surface area (Å²) in [7, 11) is 0. The smallest absolute Gasteiger partial charge is 0.416 e. The molecule has 1 saturated heterocycles. The van der Waals surface area contributed by atoms with E-state index in [-0.39, 0.29) is 18.3 Å². The molecular weight excluding hydrogens is 407 g/mol. The van der Waals surface area contributed by atoms with Crippen LogP contribution in [-0.4, -0.2) is 39.9 Å². The Labute approximate surface area is 178 Å². The maximum absolute atomic E-state index is 12.8. The van der Waals surface area contributed by atoms with Gasteiger partial charge in [-0.05, 0) is 50.6 Å². The predicted molar refractivity (Wildman–Crippen MR) is 110 cm³/mol. The summed E-state index contributed by atoms with van der Waals surface area (Å²) in [5, 5.41) is 7.45. The van der Waals surface area contributed by atoms with Crippen molar-refractivity contribution in [3.05, 3.63) is 64.7 Å². The van der Waals surface area contributed by atoms with Crippen LogP contribution in [0.5, 0.6) is 5.75 Å². The fourth-order valence-electron chi connectivity index (χ4n) is 3.79. The quantitative estimate of drug-likeness (QED) is 0.625. The average Bonchev–Trinajstić information content (AvgIpc) is 3.36. The Morgan fingerprint density at radius 3 is 2.65 bits per heavy atom. The van der Waals surface area contributed by atoms with Gasteiger partial charge in [-0.2, -0.15) is 18.3 Å². The molecule has 0 amide bonds. The maximum atomic E-state index is 12.8. The van der Waals surface area contributed by atoms with Crippen molar-refractivity contribution in [3.8, 4) is 5.75 Å². The van der Waals surface area contributed by atoms with Gasteiger partial charge in [0.25, 0.3) is 0 Å². The van der Waals surface area contributed by atoms with E-state index in [0.717, 1.165) is 60.4 Å². The van der Waals surface area contributed by atoms with Crippen LogP contribution >= 0.6 is 0 Å². The third kappa shape index (κ3) is 5.15. The Morgan fingerprint density at radius 1 is 1.13 bits per heavy atom. The highest BCUT2D eigenvalue weighted by atomic mass is 19.4. The zero-order valence-corrected chi connectivity index (χ0v) is 17.4. The lowest BCUT2D eigenvalue weighted by molar-refractivity contribution is -0.137. The zero-order chi connectivity index (χ0) is 22.0. The lowest BCUT2D eigenvalue weighted by atomic mass is 10.0. The van der Waals surface area contributed by atoms with Gasteiger partial charge in [0, 0.05) is 42.5 Å². The Balaban J connectivity index is 1.32. The van der Waals surface area contributed by atoms with Crippen molar-refractivity contribution in [3.63, 3.8) is 0 Å². The summed E-state index contributed by atoms with van der Waals surface area (Å²) in [6.07, 6.45) is -2.89. The minimum absolute atomic E-state index is 0.203. The SMILES string of the molecule is Cc1cc(C)nc(N2CCC(c3cc(CCOc4cccc(C(F)(F)F)c4)[nH]n3)C2)n1. The number of aryl methyl sites for hydroxylation is 2. The number of hydrogen-bond acceptors (Lipinski definition) is 5. The van der Waals surface area contributed by atoms with Crippen LogP contribution in [0, 0.1) is 13.8 Å². The van der Waals surface area contributed by atoms with Crippen molar-refractivity contribution in [2.75, 3.05) is 24.6 Å². The summed E-state index contributed by atoms with van der Waals surface area (Å²) < 4.78 is 43.9. The molecular formula is C22H24F3N5O. The van der Waals surface area contributed by atoms with Crippen molar-refractivity contribution in [2.45, 2.75) is 38.8 Å². The second kappa shape index (κ2) is 8.56. The molecule has 164 valence electrons. The van der Waals surface area contributed by atoms with E-state index >= 15 is 0 Å². The molecule has 1 aliphatic rings. The maximum Gasteiger partial charge on any atom is 0.416 e. The minimum atomic E-state index is -4.38. The van der Waals surface area contributed by atoms with E-state index in [0.29, 0.717) is 6.42 Å². The lowest BCUT2D eigenvalue weighted by Gasteiger charge is -2.16. The van der Waals surface area contributed by atoms with E-state index in [1.165, 1.54) is 12.1 Å². The number of hydrogen-bond donors (Lipinski definition) is 1. The molecule has 1 unspecified atom stereocenters. The molecule has 1 aliphatic heterocycles. The normalized spacial score (nSPS) is 16.7. The summed E-state index contributed by atoms with van der Waals surface area (Å²) in [6, 6.07) is 8.88. The molecule has 1 atom stereocenters. The average molecular weight is 431 g/mol. The topological polar surface area (TPSA) is 66.9 Å². The van der Waals surface area contributed by atoms with Crippen molar-refractivity contribution in [1.29, 1.82) is 0 Å². The molecule has 6 nitrogen and oxygen atoms in total. The number of ether oxygens (including phenoxy) is 1. The molecule has 0 spiro atoms. The van der Waals surface area contributed by atoms with Crippen LogP contribution in [0.3, 0.4) is 0 Å². The van der Waals surface area contributed by atoms with Crippen LogP contribution < -0.4 is 9.64 Å². The van der Waals surface area contributed by atoms with Crippen LogP contribution in [0.25, 0.3) is 0 Å². The van der Waals surface area contributed by atoms with Crippen molar-refractivity contribution >= 4 is 5.95 Å². The van der Waals surface area contributed by atoms with Gasteiger partial charge in [0.1, 0.15) is 5.75 Å². The highest BCUT2D eigenvalue weighted by molar-refractivity contribution is 5.36. The molecule has 1 N–H and O–H groups in total. The fourth-order valence-corrected chi connectivity index (χ4v) is 3.79. The highest BCUT2D eigenvalue weighted by Gasteiger charge is 2.30. The first-order valence-corrected chi connectivity index (χ1v) is 10.2. The third-order valence-corrected chi connectivity index (χ3v) is 5.31. The second-order valence-corrected chi connectivity index (χ2v) is 7.82. The summed E-state index contributed by atoms with van der Waals surface area (Å²) in [5.41, 5.74) is 3.05. The van der Waals surface area contributed by atoms with Crippen LogP contribution in [0.15, 0.2) is 36.4 Å². The summed E-state index contributed by atoms with van der Waals surface area (Å²) in [5.74, 6) is 1.23. The van der Waals surface area contributed by atoms with Crippen molar-refractivity contribution in [2.24, 2.45) is 0 Å². The molecule has 0 saturated carbocycles. The Hall–Kier alpha value is -3.10. The Morgan fingerprint density at radius 2 is 1.90 bits per heavy atom. The van der Waals surface area contributed by atoms with E-state index in [2.05, 4.69) is 25.1 Å². The second-order valence-electron chi connectivity index (χ2n) is 7.82. The van der Waals surface area contributed by atoms with E-state index in [1.54, 1.807) is 0 Å². The number of anilines is 1. The first-order valence-electron chi connectivity index (χ1n) is 10.2. The Bertz CT molecular complexity index is 1030. The van der Waals surface area contributed by atoms with Gasteiger partial charge in [0.15, 0.2) is 0 Å². The van der Waals surface area contributed by atoms with Gasteiger partial charge >= 0.3 is 6.18 Å². The van der Waals surface area contributed by atoms with E-state index in [4.69, 9.17) is 4.74 Å². The summed E-state index contributed by atoms with van der Waals surface area (Å²) in [4.78, 5) is 11.3. The number of rotatable bonds is 6. The third-order valence-electron chi connectivity index (χ3n) is 5.31. The number of alkyl halides is 3. The molecule has 3 heterocycles. The molecule has 0 bridgehead atoms. The van der Waals surface area contributed by atoms with Crippen LogP contribution in [-0.2, 0) is 12.6 Å². The van der Waals surface area contributed by atoms with E-state index in [9.17, 15) is 13.2 Å². The molecule has 2 aromatic heterocycles. The van der Waals surface area contributed by atoms with Crippen LogP contribution in [0.2, 0.25) is 0 Å². The predicted octanol–water partition coefficient (Wildman–Crippen LogP) is 4.45. The number of nitrogens with one attached hydrogen (secondary N) is 1. The van der Waals surface area contributed by atoms with E-state index in [1.807, 2.05) is 26.0 Å². The van der Waals surface area contributed by atoms with Gasteiger partial charge in [-0.15, -0.1) is 0 Å². The summed E-state index contributed by atoms with van der Waals surface area (Å²) in [6.45, 7) is 5.86. The largest absolute Gasteiger partial charge is 0.493 e. The van der Waals surface area contributed by atoms with Crippen LogP contribution in [0.4, 0.5) is 19.1 Å². The standard InChI is InChI=1S/C22H24F3N5O/c1-14-10-15(2)27-21(26-14)30-8-6-16(13-30)20-12-18(28-29-20)7-9-31-19-5-3-4-17(11-19)22(23,24)25/h3-5,10-12,16H,6-9,13H2,1-2H3,(H,28,29). The minimum Gasteiger partial charge on any atom is -0.493 e. The highest BCUT2D eigenvalue weighted by Crippen LogP contribution is 2.31. The number of aromatic amines is 1. The molecule has 0 radical (unpaired) electrons. The van der Waals surface area contributed by atoms with Gasteiger partial charge in [-0.25, -0.2) is 9.97 Å². The molecule has 0 aliphatic carbocycles. The van der Waals surface area contributed by atoms with Gasteiger partial charge in [0.05, 0.1) is 17.9 Å². The molecule has 3 aromatic rings. The number of halogens is 3. The Kier molecular flexibility index (Phi) is 5.84. The fraction of sp³-hybridized carbons (Fsp3) is 0.409. The van der Waals surface area contributed by atoms with Crippen molar-refractivity contribution in [1.82, 2.24) is 20.2 Å². The molecule has 1 aromatic carbocycles. The van der Waals surface area contributed by atoms with Gasteiger partial charge in [-0.1, -0.05) is 6.07 Å². The molecule has 4 rings (SSSR count). The number of nitrogens with zero attached hydrogens (tertiary/aromatic N) is 4. The van der Waals surface area contributed by atoms with Gasteiger partial charge in [0.2, 0.25) is 5.95 Å². The molecule has 9 heteroatoms. The lowest BCUT2D eigenvalue weighted by Crippen LogP contribution is -2.22. The number of benzene rings is 1. The number of H-pyrrole nitrogens is 1. The number of aromatic nitrogens is 4. The van der Waals surface area contributed by atoms with Gasteiger partial charge < -0.3 is 9.64 Å². The zero-order valence-electron chi connectivity index (χ0n) is 17.4. The monoisotopic (exact) mass is 431 g/mol. The van der Waals surface area contributed by atoms with E-state index < -0.39 is 11.7 Å². The van der Waals surface area contributed by atoms with Crippen LogP contribution in [0.1, 0.15) is 40.7 Å². The van der Waals surface area contributed by atoms with Crippen molar-refractivity contribution < 1.29 is 17.9 Å². The first-order chi connectivity index (χ1) is 14.8. The summed E-state index contributed by atoms with van der Waals surface area (Å²) >= 11 is 0. The molecule has 31 heavy (non-hydrogen) atoms.